The average molecular weight is 120 g/mol. The highest BCUT2D eigenvalue weighted by atomic mass is 16.5. The number of ether oxygens (including phenoxy) is 1. The van der Waals surface area contributed by atoms with E-state index in [0.717, 1.165) is 0 Å². The van der Waals surface area contributed by atoms with Gasteiger partial charge in [-0.2, -0.15) is 0 Å². The van der Waals surface area contributed by atoms with Gasteiger partial charge in [0.05, 0.1) is 0 Å². The van der Waals surface area contributed by atoms with Gasteiger partial charge in [-0.3, -0.25) is 0 Å². The molecule has 0 unspecified atom stereocenters. The largest absolute Gasteiger partial charge is 0.424 e. The summed E-state index contributed by atoms with van der Waals surface area (Å²) >= 11 is 0. The lowest BCUT2D eigenvalue weighted by Crippen LogP contribution is -1.93. The molecule has 0 saturated carbocycles. The molecule has 44 valence electrons. The second-order valence-corrected chi connectivity index (χ2v) is 1.85. The SMILES string of the molecule is [B]C1=C(C)C(=O)OC1=C. The number of rotatable bonds is 0. The predicted molar refractivity (Wildman–Crippen MR) is 33.7 cm³/mol. The minimum atomic E-state index is -0.391. The molecule has 1 heterocycles. The van der Waals surface area contributed by atoms with Gasteiger partial charge in [0.25, 0.3) is 0 Å². The summed E-state index contributed by atoms with van der Waals surface area (Å²) in [4.78, 5) is 10.6. The zero-order valence-corrected chi connectivity index (χ0v) is 5.10. The van der Waals surface area contributed by atoms with Gasteiger partial charge in [0.15, 0.2) is 0 Å². The van der Waals surface area contributed by atoms with Crippen molar-refractivity contribution in [3.63, 3.8) is 0 Å². The summed E-state index contributed by atoms with van der Waals surface area (Å²) in [5, 5.41) is 0. The van der Waals surface area contributed by atoms with E-state index in [2.05, 4.69) is 11.3 Å². The summed E-state index contributed by atoms with van der Waals surface area (Å²) in [6.07, 6.45) is 0. The first-order valence-corrected chi connectivity index (χ1v) is 2.50. The molecule has 1 rings (SSSR count). The number of carbonyl (C=O) groups excluding carboxylic acids is 1. The van der Waals surface area contributed by atoms with Crippen molar-refractivity contribution in [2.75, 3.05) is 0 Å². The molecule has 1 aliphatic heterocycles. The Morgan fingerprint density at radius 2 is 2.22 bits per heavy atom. The van der Waals surface area contributed by atoms with Crippen molar-refractivity contribution in [2.24, 2.45) is 0 Å². The second kappa shape index (κ2) is 1.76. The Hall–Kier alpha value is -0.985. The molecule has 0 N–H and O–H groups in total. The van der Waals surface area contributed by atoms with Gasteiger partial charge in [0, 0.05) is 5.57 Å². The van der Waals surface area contributed by atoms with E-state index in [4.69, 9.17) is 7.85 Å². The number of cyclic esters (lactones) is 1. The summed E-state index contributed by atoms with van der Waals surface area (Å²) in [7, 11) is 5.35. The van der Waals surface area contributed by atoms with Crippen LogP contribution in [-0.4, -0.2) is 13.8 Å². The third-order valence-corrected chi connectivity index (χ3v) is 1.23. The lowest BCUT2D eigenvalue weighted by molar-refractivity contribution is -0.133. The van der Waals surface area contributed by atoms with Crippen LogP contribution in [0.4, 0.5) is 0 Å². The lowest BCUT2D eigenvalue weighted by Gasteiger charge is -1.91. The van der Waals surface area contributed by atoms with Crippen LogP contribution in [0.15, 0.2) is 23.4 Å². The fourth-order valence-electron chi connectivity index (χ4n) is 0.563. The Bertz CT molecular complexity index is 193. The average Bonchev–Trinajstić information content (AvgIpc) is 1.98. The molecule has 0 saturated heterocycles. The molecule has 0 aromatic heterocycles. The summed E-state index contributed by atoms with van der Waals surface area (Å²) < 4.78 is 4.55. The topological polar surface area (TPSA) is 26.3 Å². The summed E-state index contributed by atoms with van der Waals surface area (Å²) in [5.74, 6) is -0.130. The minimum Gasteiger partial charge on any atom is -0.424 e. The highest BCUT2D eigenvalue weighted by molar-refractivity contribution is 6.28. The molecule has 1 aliphatic rings. The van der Waals surface area contributed by atoms with Crippen LogP contribution in [0.5, 0.6) is 0 Å². The van der Waals surface area contributed by atoms with Crippen molar-refractivity contribution < 1.29 is 9.53 Å². The molecule has 2 nitrogen and oxygen atoms in total. The van der Waals surface area contributed by atoms with Crippen LogP contribution in [0, 0.1) is 0 Å². The quantitative estimate of drug-likeness (QED) is 0.343. The molecular formula is C6H5BO2. The third-order valence-electron chi connectivity index (χ3n) is 1.23. The maximum absolute atomic E-state index is 10.6. The van der Waals surface area contributed by atoms with Crippen LogP contribution in [-0.2, 0) is 9.53 Å². The fourth-order valence-corrected chi connectivity index (χ4v) is 0.563. The molecule has 0 aliphatic carbocycles. The lowest BCUT2D eigenvalue weighted by atomic mass is 9.91. The summed E-state index contributed by atoms with van der Waals surface area (Å²) in [5.41, 5.74) is 0.806. The van der Waals surface area contributed by atoms with E-state index in [-0.39, 0.29) is 5.76 Å². The van der Waals surface area contributed by atoms with E-state index in [1.54, 1.807) is 6.92 Å². The second-order valence-electron chi connectivity index (χ2n) is 1.85. The first-order chi connectivity index (χ1) is 4.13. The number of esters is 1. The van der Waals surface area contributed by atoms with Gasteiger partial charge in [-0.15, -0.1) is 0 Å². The Balaban J connectivity index is 3.06. The van der Waals surface area contributed by atoms with Crippen LogP contribution in [0.3, 0.4) is 0 Å². The van der Waals surface area contributed by atoms with Crippen LogP contribution in [0.1, 0.15) is 6.92 Å². The van der Waals surface area contributed by atoms with Gasteiger partial charge >= 0.3 is 5.97 Å². The highest BCUT2D eigenvalue weighted by Gasteiger charge is 2.20. The Morgan fingerprint density at radius 1 is 1.67 bits per heavy atom. The van der Waals surface area contributed by atoms with Crippen molar-refractivity contribution in [3.05, 3.63) is 23.4 Å². The van der Waals surface area contributed by atoms with Crippen molar-refractivity contribution in [3.8, 4) is 0 Å². The van der Waals surface area contributed by atoms with E-state index in [1.165, 1.54) is 0 Å². The Labute approximate surface area is 54.6 Å². The van der Waals surface area contributed by atoms with E-state index < -0.39 is 5.97 Å². The molecule has 3 heteroatoms. The van der Waals surface area contributed by atoms with E-state index in [9.17, 15) is 4.79 Å². The zero-order valence-electron chi connectivity index (χ0n) is 5.10. The van der Waals surface area contributed by atoms with Crippen LogP contribution < -0.4 is 0 Å². The van der Waals surface area contributed by atoms with Gasteiger partial charge in [-0.1, -0.05) is 6.58 Å². The molecule has 0 spiro atoms. The van der Waals surface area contributed by atoms with Crippen molar-refractivity contribution in [1.82, 2.24) is 0 Å². The molecule has 0 amide bonds. The Kier molecular flexibility index (Phi) is 1.20. The van der Waals surface area contributed by atoms with Crippen molar-refractivity contribution >= 4 is 13.8 Å². The van der Waals surface area contributed by atoms with Crippen LogP contribution in [0.2, 0.25) is 0 Å². The standard InChI is InChI=1S/C6H5BO2/c1-3-5(7)4(2)9-6(3)8/h2H2,1H3. The summed E-state index contributed by atoms with van der Waals surface area (Å²) in [6.45, 7) is 5.02. The fraction of sp³-hybridized carbons (Fsp3) is 0.167. The molecule has 0 atom stereocenters. The molecular weight excluding hydrogens is 115 g/mol. The third kappa shape index (κ3) is 0.783. The van der Waals surface area contributed by atoms with Gasteiger partial charge in [-0.05, 0) is 12.4 Å². The van der Waals surface area contributed by atoms with Gasteiger partial charge in [-0.25, -0.2) is 4.79 Å². The van der Waals surface area contributed by atoms with Gasteiger partial charge in [0.2, 0.25) is 0 Å². The molecule has 0 aromatic rings. The normalized spacial score (nSPS) is 18.8. The van der Waals surface area contributed by atoms with E-state index in [0.29, 0.717) is 11.0 Å². The van der Waals surface area contributed by atoms with E-state index >= 15 is 0 Å². The monoisotopic (exact) mass is 120 g/mol. The van der Waals surface area contributed by atoms with Crippen molar-refractivity contribution in [2.45, 2.75) is 6.92 Å². The minimum absolute atomic E-state index is 0.262. The van der Waals surface area contributed by atoms with Crippen molar-refractivity contribution in [1.29, 1.82) is 0 Å². The number of hydrogen-bond donors (Lipinski definition) is 0. The number of carbonyl (C=O) groups is 1. The van der Waals surface area contributed by atoms with Crippen LogP contribution >= 0.6 is 0 Å². The zero-order chi connectivity index (χ0) is 7.02. The maximum atomic E-state index is 10.6. The van der Waals surface area contributed by atoms with Crippen LogP contribution in [0.25, 0.3) is 0 Å². The summed E-state index contributed by atoms with van der Waals surface area (Å²) in [6, 6.07) is 0. The molecule has 0 aromatic carbocycles. The maximum Gasteiger partial charge on any atom is 0.338 e. The van der Waals surface area contributed by atoms with E-state index in [1.807, 2.05) is 0 Å². The molecule has 0 fully saturated rings. The Morgan fingerprint density at radius 3 is 2.33 bits per heavy atom. The molecule has 9 heavy (non-hydrogen) atoms. The first kappa shape index (κ1) is 6.14. The first-order valence-electron chi connectivity index (χ1n) is 2.50. The number of hydrogen-bond acceptors (Lipinski definition) is 2. The number of allylic oxidation sites excluding steroid dienone is 1. The van der Waals surface area contributed by atoms with Gasteiger partial charge in [0.1, 0.15) is 13.6 Å². The predicted octanol–water partition coefficient (Wildman–Crippen LogP) is 0.499. The molecule has 0 bridgehead atoms. The smallest absolute Gasteiger partial charge is 0.338 e. The highest BCUT2D eigenvalue weighted by Crippen LogP contribution is 2.20. The molecule has 2 radical (unpaired) electrons. The van der Waals surface area contributed by atoms with Gasteiger partial charge < -0.3 is 4.74 Å².